The van der Waals surface area contributed by atoms with Crippen LogP contribution < -0.4 is 10.1 Å². The van der Waals surface area contributed by atoms with Crippen LogP contribution >= 0.6 is 0 Å². The molecule has 2 rings (SSSR count). The highest BCUT2D eigenvalue weighted by molar-refractivity contribution is 5.79. The molecule has 23 heavy (non-hydrogen) atoms. The van der Waals surface area contributed by atoms with Crippen LogP contribution in [0.4, 0.5) is 0 Å². The fourth-order valence-electron chi connectivity index (χ4n) is 2.94. The number of aliphatic hydroxyl groups is 1. The monoisotopic (exact) mass is 321 g/mol. The number of aliphatic hydroxyl groups excluding tert-OH is 1. The number of hydrogen-bond acceptors (Lipinski definition) is 4. The Bertz CT molecular complexity index is 504. The Hall–Kier alpha value is -1.59. The normalized spacial score (nSPS) is 17.0. The van der Waals surface area contributed by atoms with Gasteiger partial charge in [0.1, 0.15) is 5.75 Å². The third kappa shape index (κ3) is 5.52. The summed E-state index contributed by atoms with van der Waals surface area (Å²) < 4.78 is 11.0. The Morgan fingerprint density at radius 1 is 1.39 bits per heavy atom. The minimum atomic E-state index is -0.337. The molecule has 0 aromatic heterocycles. The Kier molecular flexibility index (Phi) is 6.42. The van der Waals surface area contributed by atoms with E-state index in [1.807, 2.05) is 38.1 Å². The smallest absolute Gasteiger partial charge is 0.224 e. The van der Waals surface area contributed by atoms with E-state index in [1.165, 1.54) is 0 Å². The van der Waals surface area contributed by atoms with Crippen molar-refractivity contribution in [1.29, 1.82) is 0 Å². The number of hydrogen-bond donors (Lipinski definition) is 2. The van der Waals surface area contributed by atoms with Crippen molar-refractivity contribution in [1.82, 2.24) is 5.32 Å². The van der Waals surface area contributed by atoms with Gasteiger partial charge in [-0.3, -0.25) is 4.79 Å². The maximum atomic E-state index is 12.4. The molecule has 0 atom stereocenters. The van der Waals surface area contributed by atoms with Crippen LogP contribution in [0.1, 0.15) is 38.7 Å². The second-order valence-corrected chi connectivity index (χ2v) is 6.41. The van der Waals surface area contributed by atoms with E-state index in [1.54, 1.807) is 0 Å². The predicted octanol–water partition coefficient (Wildman–Crippen LogP) is 2.06. The second-order valence-electron chi connectivity index (χ2n) is 6.41. The zero-order valence-electron chi connectivity index (χ0n) is 14.0. The van der Waals surface area contributed by atoms with E-state index in [9.17, 15) is 9.90 Å². The Morgan fingerprint density at radius 3 is 2.78 bits per heavy atom. The molecule has 1 fully saturated rings. The molecule has 0 spiro atoms. The topological polar surface area (TPSA) is 67.8 Å². The van der Waals surface area contributed by atoms with E-state index in [4.69, 9.17) is 9.47 Å². The van der Waals surface area contributed by atoms with Gasteiger partial charge < -0.3 is 19.9 Å². The zero-order chi connectivity index (χ0) is 16.7. The summed E-state index contributed by atoms with van der Waals surface area (Å²) in [5.74, 6) is 0.753. The molecule has 1 aliphatic rings. The van der Waals surface area contributed by atoms with Crippen molar-refractivity contribution in [3.8, 4) is 5.75 Å². The number of nitrogens with one attached hydrogen (secondary N) is 1. The number of amides is 1. The molecule has 5 heteroatoms. The first-order valence-corrected chi connectivity index (χ1v) is 8.28. The molecule has 0 radical (unpaired) electrons. The number of carbonyl (C=O) groups is 1. The molecule has 1 saturated heterocycles. The van der Waals surface area contributed by atoms with Gasteiger partial charge in [-0.25, -0.2) is 0 Å². The highest BCUT2D eigenvalue weighted by Crippen LogP contribution is 2.24. The molecule has 0 unspecified atom stereocenters. The first-order valence-electron chi connectivity index (χ1n) is 8.28. The Balaban J connectivity index is 1.97. The molecule has 5 nitrogen and oxygen atoms in total. The second kappa shape index (κ2) is 8.31. The maximum absolute atomic E-state index is 12.4. The summed E-state index contributed by atoms with van der Waals surface area (Å²) in [5, 5.41) is 12.4. The van der Waals surface area contributed by atoms with Gasteiger partial charge in [-0.1, -0.05) is 12.1 Å². The van der Waals surface area contributed by atoms with E-state index in [0.717, 1.165) is 24.2 Å². The number of benzene rings is 1. The van der Waals surface area contributed by atoms with Crippen molar-refractivity contribution in [2.45, 2.75) is 51.2 Å². The van der Waals surface area contributed by atoms with Crippen LogP contribution in [-0.2, 0) is 16.0 Å². The first-order chi connectivity index (χ1) is 11.0. The predicted molar refractivity (Wildman–Crippen MR) is 88.5 cm³/mol. The van der Waals surface area contributed by atoms with E-state index in [0.29, 0.717) is 26.1 Å². The fourth-order valence-corrected chi connectivity index (χ4v) is 2.94. The molecule has 1 aliphatic heterocycles. The van der Waals surface area contributed by atoms with Crippen LogP contribution in [-0.4, -0.2) is 42.5 Å². The fraction of sp³-hybridized carbons (Fsp3) is 0.611. The van der Waals surface area contributed by atoms with Crippen molar-refractivity contribution < 1.29 is 19.4 Å². The third-order valence-corrected chi connectivity index (χ3v) is 4.08. The minimum Gasteiger partial charge on any atom is -0.491 e. The van der Waals surface area contributed by atoms with Crippen LogP contribution in [0.2, 0.25) is 0 Å². The van der Waals surface area contributed by atoms with Crippen LogP contribution in [0, 0.1) is 0 Å². The molecule has 1 aromatic rings. The molecule has 0 saturated carbocycles. The van der Waals surface area contributed by atoms with Crippen molar-refractivity contribution in [2.24, 2.45) is 0 Å². The lowest BCUT2D eigenvalue weighted by atomic mass is 9.86. The van der Waals surface area contributed by atoms with Gasteiger partial charge in [-0.15, -0.1) is 0 Å². The zero-order valence-corrected chi connectivity index (χ0v) is 14.0. The van der Waals surface area contributed by atoms with Gasteiger partial charge >= 0.3 is 0 Å². The Labute approximate surface area is 138 Å². The molecule has 1 heterocycles. The number of carbonyl (C=O) groups excluding carboxylic acids is 1. The van der Waals surface area contributed by atoms with Crippen molar-refractivity contribution in [3.05, 3.63) is 29.8 Å². The molecular weight excluding hydrogens is 294 g/mol. The lowest BCUT2D eigenvalue weighted by Gasteiger charge is -2.37. The first kappa shape index (κ1) is 17.8. The van der Waals surface area contributed by atoms with Gasteiger partial charge in [0, 0.05) is 25.4 Å². The molecule has 0 aliphatic carbocycles. The van der Waals surface area contributed by atoms with E-state index in [-0.39, 0.29) is 24.2 Å². The minimum absolute atomic E-state index is 0.0259. The standard InChI is InChI=1S/C18H27NO4/c1-14(2)23-16-5-3-4-15(12-16)13-17(21)19-18(6-9-20)7-10-22-11-8-18/h3-5,12,14,20H,6-11,13H2,1-2H3,(H,19,21). The van der Waals surface area contributed by atoms with Gasteiger partial charge in [0.05, 0.1) is 12.5 Å². The number of rotatable bonds is 7. The highest BCUT2D eigenvalue weighted by atomic mass is 16.5. The molecule has 1 aromatic carbocycles. The number of ether oxygens (including phenoxy) is 2. The van der Waals surface area contributed by atoms with Crippen LogP contribution in [0.25, 0.3) is 0 Å². The molecule has 128 valence electrons. The molecular formula is C18H27NO4. The quantitative estimate of drug-likeness (QED) is 0.807. The van der Waals surface area contributed by atoms with Crippen molar-refractivity contribution in [3.63, 3.8) is 0 Å². The van der Waals surface area contributed by atoms with E-state index >= 15 is 0 Å². The third-order valence-electron chi connectivity index (χ3n) is 4.08. The van der Waals surface area contributed by atoms with Crippen LogP contribution in [0.5, 0.6) is 5.75 Å². The SMILES string of the molecule is CC(C)Oc1cccc(CC(=O)NC2(CCO)CCOCC2)c1. The molecule has 0 bridgehead atoms. The van der Waals surface area contributed by atoms with Gasteiger partial charge in [0.2, 0.25) is 5.91 Å². The summed E-state index contributed by atoms with van der Waals surface area (Å²) in [6.07, 6.45) is 2.47. The average molecular weight is 321 g/mol. The molecule has 2 N–H and O–H groups in total. The summed E-state index contributed by atoms with van der Waals surface area (Å²) in [4.78, 5) is 12.4. The van der Waals surface area contributed by atoms with Gasteiger partial charge in [0.15, 0.2) is 0 Å². The summed E-state index contributed by atoms with van der Waals surface area (Å²) in [7, 11) is 0. The van der Waals surface area contributed by atoms with E-state index in [2.05, 4.69) is 5.32 Å². The lowest BCUT2D eigenvalue weighted by Crippen LogP contribution is -2.53. The molecule has 1 amide bonds. The summed E-state index contributed by atoms with van der Waals surface area (Å²) >= 11 is 0. The maximum Gasteiger partial charge on any atom is 0.224 e. The van der Waals surface area contributed by atoms with Crippen LogP contribution in [0.15, 0.2) is 24.3 Å². The summed E-state index contributed by atoms with van der Waals surface area (Å²) in [5.41, 5.74) is 0.586. The summed E-state index contributed by atoms with van der Waals surface area (Å²) in [6.45, 7) is 5.26. The van der Waals surface area contributed by atoms with Crippen molar-refractivity contribution >= 4 is 5.91 Å². The van der Waals surface area contributed by atoms with Crippen LogP contribution in [0.3, 0.4) is 0 Å². The van der Waals surface area contributed by atoms with Crippen molar-refractivity contribution in [2.75, 3.05) is 19.8 Å². The van der Waals surface area contributed by atoms with Gasteiger partial charge in [0.25, 0.3) is 0 Å². The lowest BCUT2D eigenvalue weighted by molar-refractivity contribution is -0.123. The average Bonchev–Trinajstić information content (AvgIpc) is 2.47. The largest absolute Gasteiger partial charge is 0.491 e. The van der Waals surface area contributed by atoms with Gasteiger partial charge in [-0.2, -0.15) is 0 Å². The Morgan fingerprint density at radius 2 is 2.13 bits per heavy atom. The summed E-state index contributed by atoms with van der Waals surface area (Å²) in [6, 6.07) is 7.63. The highest BCUT2D eigenvalue weighted by Gasteiger charge is 2.33. The van der Waals surface area contributed by atoms with Gasteiger partial charge in [-0.05, 0) is 50.8 Å². The van der Waals surface area contributed by atoms with E-state index < -0.39 is 0 Å².